The van der Waals surface area contributed by atoms with Gasteiger partial charge in [0.1, 0.15) is 11.3 Å². The fourth-order valence-corrected chi connectivity index (χ4v) is 4.38. The third-order valence-electron chi connectivity index (χ3n) is 4.06. The maximum absolute atomic E-state index is 12.2. The highest BCUT2D eigenvalue weighted by atomic mass is 35.5. The lowest BCUT2D eigenvalue weighted by molar-refractivity contribution is -0.116. The molecule has 0 radical (unpaired) electrons. The van der Waals surface area contributed by atoms with E-state index >= 15 is 0 Å². The first-order chi connectivity index (χ1) is 13.7. The Morgan fingerprint density at radius 2 is 2.00 bits per heavy atom. The molecule has 4 aromatic rings. The zero-order chi connectivity index (χ0) is 19.3. The Labute approximate surface area is 175 Å². The Morgan fingerprint density at radius 1 is 1.18 bits per heavy atom. The minimum atomic E-state index is -0.0257. The van der Waals surface area contributed by atoms with Crippen molar-refractivity contribution >= 4 is 56.7 Å². The molecule has 2 heterocycles. The number of amides is 1. The minimum Gasteiger partial charge on any atom is -0.454 e. The number of hydrogen-bond acceptors (Lipinski definition) is 5. The van der Waals surface area contributed by atoms with E-state index in [2.05, 4.69) is 10.3 Å². The lowest BCUT2D eigenvalue weighted by Gasteiger charge is -2.03. The second-order valence-electron chi connectivity index (χ2n) is 6.14. The topological polar surface area (TPSA) is 55.1 Å². The molecule has 4 rings (SSSR count). The fourth-order valence-electron chi connectivity index (χ4n) is 2.69. The van der Waals surface area contributed by atoms with Gasteiger partial charge in [0.05, 0.1) is 0 Å². The summed E-state index contributed by atoms with van der Waals surface area (Å²) in [6.45, 7) is 0. The predicted octanol–water partition coefficient (Wildman–Crippen LogP) is 6.72. The number of fused-ring (bicyclic) bond motifs is 1. The molecule has 4 nitrogen and oxygen atoms in total. The second-order valence-corrected chi connectivity index (χ2v) is 8.60. The first kappa shape index (κ1) is 19.1. The van der Waals surface area contributed by atoms with E-state index in [1.807, 2.05) is 60.0 Å². The molecule has 2 aromatic carbocycles. The van der Waals surface area contributed by atoms with Gasteiger partial charge in [-0.2, -0.15) is 0 Å². The van der Waals surface area contributed by atoms with Gasteiger partial charge in [0, 0.05) is 27.1 Å². The quantitative estimate of drug-likeness (QED) is 0.262. The molecular formula is C21H17ClN2O2S2. The molecule has 0 fully saturated rings. The number of para-hydroxylation sites is 1. The molecule has 0 unspecified atom stereocenters. The SMILES string of the molecule is O=C(CCCSc1ccc(Cl)cc1)Nc1nc(-c2cc3ccccc3o2)cs1. The molecular weight excluding hydrogens is 412 g/mol. The normalized spacial score (nSPS) is 11.0. The van der Waals surface area contributed by atoms with Crippen LogP contribution in [0.1, 0.15) is 12.8 Å². The average molecular weight is 429 g/mol. The number of rotatable bonds is 7. The van der Waals surface area contributed by atoms with Crippen LogP contribution in [0.25, 0.3) is 22.4 Å². The van der Waals surface area contributed by atoms with Crippen molar-refractivity contribution < 1.29 is 9.21 Å². The van der Waals surface area contributed by atoms with Crippen LogP contribution < -0.4 is 5.32 Å². The van der Waals surface area contributed by atoms with Crippen molar-refractivity contribution in [3.63, 3.8) is 0 Å². The number of carbonyl (C=O) groups is 1. The number of hydrogen-bond donors (Lipinski definition) is 1. The molecule has 142 valence electrons. The van der Waals surface area contributed by atoms with E-state index in [1.165, 1.54) is 11.3 Å². The molecule has 1 amide bonds. The van der Waals surface area contributed by atoms with E-state index < -0.39 is 0 Å². The highest BCUT2D eigenvalue weighted by Gasteiger charge is 2.11. The number of nitrogens with one attached hydrogen (secondary N) is 1. The van der Waals surface area contributed by atoms with Crippen molar-refractivity contribution in [2.24, 2.45) is 0 Å². The van der Waals surface area contributed by atoms with Crippen molar-refractivity contribution in [3.8, 4) is 11.5 Å². The van der Waals surface area contributed by atoms with Gasteiger partial charge in [0.2, 0.25) is 5.91 Å². The van der Waals surface area contributed by atoms with Crippen molar-refractivity contribution in [3.05, 3.63) is 65.0 Å². The number of thiazole rings is 1. The number of furan rings is 1. The third kappa shape index (κ3) is 4.76. The third-order valence-corrected chi connectivity index (χ3v) is 6.17. The molecule has 0 aliphatic rings. The van der Waals surface area contributed by atoms with Crippen LogP contribution in [-0.2, 0) is 4.79 Å². The highest BCUT2D eigenvalue weighted by Crippen LogP contribution is 2.30. The Hall–Kier alpha value is -2.28. The number of benzene rings is 2. The largest absolute Gasteiger partial charge is 0.454 e. The Kier molecular flexibility index (Phi) is 6.00. The van der Waals surface area contributed by atoms with Gasteiger partial charge < -0.3 is 9.73 Å². The molecule has 0 saturated carbocycles. The van der Waals surface area contributed by atoms with E-state index in [9.17, 15) is 4.79 Å². The van der Waals surface area contributed by atoms with Gasteiger partial charge in [-0.3, -0.25) is 4.79 Å². The maximum atomic E-state index is 12.2. The molecule has 0 aliphatic heterocycles. The van der Waals surface area contributed by atoms with E-state index in [-0.39, 0.29) is 5.91 Å². The minimum absolute atomic E-state index is 0.0257. The van der Waals surface area contributed by atoms with Gasteiger partial charge in [-0.25, -0.2) is 4.98 Å². The number of halogens is 1. The summed E-state index contributed by atoms with van der Waals surface area (Å²) >= 11 is 9.00. The molecule has 28 heavy (non-hydrogen) atoms. The monoisotopic (exact) mass is 428 g/mol. The van der Waals surface area contributed by atoms with Crippen molar-refractivity contribution in [2.75, 3.05) is 11.1 Å². The van der Waals surface area contributed by atoms with Crippen molar-refractivity contribution in [2.45, 2.75) is 17.7 Å². The number of nitrogens with zero attached hydrogens (tertiary/aromatic N) is 1. The zero-order valence-corrected chi connectivity index (χ0v) is 17.2. The summed E-state index contributed by atoms with van der Waals surface area (Å²) < 4.78 is 5.82. The molecule has 1 N–H and O–H groups in total. The van der Waals surface area contributed by atoms with E-state index in [1.54, 1.807) is 11.8 Å². The summed E-state index contributed by atoms with van der Waals surface area (Å²) in [5.74, 6) is 1.55. The Morgan fingerprint density at radius 3 is 2.82 bits per heavy atom. The maximum Gasteiger partial charge on any atom is 0.226 e. The lowest BCUT2D eigenvalue weighted by Crippen LogP contribution is -2.11. The van der Waals surface area contributed by atoms with Crippen LogP contribution in [0.5, 0.6) is 0 Å². The Bertz CT molecular complexity index is 1060. The summed E-state index contributed by atoms with van der Waals surface area (Å²) in [4.78, 5) is 17.8. The highest BCUT2D eigenvalue weighted by molar-refractivity contribution is 7.99. The van der Waals surface area contributed by atoms with Crippen molar-refractivity contribution in [1.29, 1.82) is 0 Å². The van der Waals surface area contributed by atoms with Crippen LogP contribution in [0.3, 0.4) is 0 Å². The van der Waals surface area contributed by atoms with Gasteiger partial charge in [-0.1, -0.05) is 29.8 Å². The van der Waals surface area contributed by atoms with E-state index in [0.29, 0.717) is 17.3 Å². The summed E-state index contributed by atoms with van der Waals surface area (Å²) in [5.41, 5.74) is 1.56. The first-order valence-electron chi connectivity index (χ1n) is 8.80. The van der Waals surface area contributed by atoms with Crippen LogP contribution in [0.4, 0.5) is 5.13 Å². The Balaban J connectivity index is 1.27. The zero-order valence-electron chi connectivity index (χ0n) is 14.9. The lowest BCUT2D eigenvalue weighted by atomic mass is 10.2. The average Bonchev–Trinajstić information content (AvgIpc) is 3.33. The van der Waals surface area contributed by atoms with E-state index in [4.69, 9.17) is 16.0 Å². The molecule has 0 saturated heterocycles. The summed E-state index contributed by atoms with van der Waals surface area (Å²) in [5, 5.41) is 7.12. The molecule has 0 aliphatic carbocycles. The molecule has 0 atom stereocenters. The van der Waals surface area contributed by atoms with Crippen LogP contribution in [0.15, 0.2) is 69.3 Å². The molecule has 2 aromatic heterocycles. The van der Waals surface area contributed by atoms with Gasteiger partial charge in [0.15, 0.2) is 10.9 Å². The summed E-state index contributed by atoms with van der Waals surface area (Å²) in [7, 11) is 0. The number of aromatic nitrogens is 1. The van der Waals surface area contributed by atoms with Crippen LogP contribution in [-0.4, -0.2) is 16.6 Å². The van der Waals surface area contributed by atoms with Gasteiger partial charge in [-0.15, -0.1) is 23.1 Å². The van der Waals surface area contributed by atoms with Gasteiger partial charge in [-0.05, 0) is 48.6 Å². The van der Waals surface area contributed by atoms with Gasteiger partial charge in [0.25, 0.3) is 0 Å². The van der Waals surface area contributed by atoms with Crippen LogP contribution in [0, 0.1) is 0 Å². The number of thioether (sulfide) groups is 1. The van der Waals surface area contributed by atoms with Gasteiger partial charge >= 0.3 is 0 Å². The fraction of sp³-hybridized carbons (Fsp3) is 0.143. The van der Waals surface area contributed by atoms with Crippen LogP contribution in [0.2, 0.25) is 5.02 Å². The molecule has 0 spiro atoms. The summed E-state index contributed by atoms with van der Waals surface area (Å²) in [6, 6.07) is 17.5. The standard InChI is InChI=1S/C21H17ClN2O2S2/c22-15-7-9-16(10-8-15)27-11-3-6-20(25)24-21-23-17(13-28-21)19-12-14-4-1-2-5-18(14)26-19/h1-2,4-5,7-10,12-13H,3,6,11H2,(H,23,24,25). The summed E-state index contributed by atoms with van der Waals surface area (Å²) in [6.07, 6.45) is 1.25. The smallest absolute Gasteiger partial charge is 0.226 e. The van der Waals surface area contributed by atoms with E-state index in [0.717, 1.165) is 38.8 Å². The first-order valence-corrected chi connectivity index (χ1v) is 11.0. The number of anilines is 1. The molecule has 0 bridgehead atoms. The van der Waals surface area contributed by atoms with Crippen LogP contribution >= 0.6 is 34.7 Å². The second kappa shape index (κ2) is 8.82. The number of carbonyl (C=O) groups excluding carboxylic acids is 1. The predicted molar refractivity (Wildman–Crippen MR) is 117 cm³/mol. The van der Waals surface area contributed by atoms with Crippen molar-refractivity contribution in [1.82, 2.24) is 4.98 Å². The molecule has 7 heteroatoms.